The highest BCUT2D eigenvalue weighted by atomic mass is 35.5. The van der Waals surface area contributed by atoms with Crippen LogP contribution in [-0.2, 0) is 9.53 Å². The predicted molar refractivity (Wildman–Crippen MR) is 86.6 cm³/mol. The number of nitro groups is 1. The quantitative estimate of drug-likeness (QED) is 0.366. The maximum absolute atomic E-state index is 11.9. The summed E-state index contributed by atoms with van der Waals surface area (Å²) in [5, 5.41) is 11.0. The Balaban J connectivity index is 1.97. The Hall–Kier alpha value is -2.92. The number of cyclic esters (lactones) is 1. The number of carbonyl (C=O) groups is 1. The minimum absolute atomic E-state index is 0.0478. The van der Waals surface area contributed by atoms with Crippen molar-refractivity contribution in [3.63, 3.8) is 0 Å². The van der Waals surface area contributed by atoms with Crippen molar-refractivity contribution in [3.05, 3.63) is 86.4 Å². The van der Waals surface area contributed by atoms with Gasteiger partial charge in [-0.05, 0) is 23.8 Å². The molecule has 0 N–H and O–H groups in total. The van der Waals surface area contributed by atoms with Crippen LogP contribution in [0, 0.1) is 10.1 Å². The number of hydrogen-bond donors (Lipinski definition) is 0. The van der Waals surface area contributed by atoms with E-state index in [-0.39, 0.29) is 10.7 Å². The van der Waals surface area contributed by atoms with Gasteiger partial charge in [0.15, 0.2) is 0 Å². The van der Waals surface area contributed by atoms with E-state index in [1.165, 1.54) is 18.2 Å². The first-order valence-electron chi connectivity index (χ1n) is 6.69. The SMILES string of the molecule is O=C1OC(c2ccccc2)=C/C1=C\c1ccc(Cl)c([N+](=O)[O-])c1. The van der Waals surface area contributed by atoms with Gasteiger partial charge < -0.3 is 4.74 Å². The van der Waals surface area contributed by atoms with Gasteiger partial charge in [-0.1, -0.05) is 48.0 Å². The number of carbonyl (C=O) groups excluding carboxylic acids is 1. The van der Waals surface area contributed by atoms with Gasteiger partial charge in [0.1, 0.15) is 10.8 Å². The van der Waals surface area contributed by atoms with Crippen molar-refractivity contribution in [2.75, 3.05) is 0 Å². The molecular formula is C17H10ClNO4. The van der Waals surface area contributed by atoms with Gasteiger partial charge in [0, 0.05) is 11.6 Å². The van der Waals surface area contributed by atoms with Crippen molar-refractivity contribution in [2.45, 2.75) is 0 Å². The van der Waals surface area contributed by atoms with Gasteiger partial charge in [-0.15, -0.1) is 0 Å². The molecular weight excluding hydrogens is 318 g/mol. The van der Waals surface area contributed by atoms with E-state index in [0.717, 1.165) is 5.56 Å². The van der Waals surface area contributed by atoms with Crippen LogP contribution >= 0.6 is 11.6 Å². The highest BCUT2D eigenvalue weighted by Crippen LogP contribution is 2.29. The molecule has 0 atom stereocenters. The van der Waals surface area contributed by atoms with E-state index in [4.69, 9.17) is 16.3 Å². The van der Waals surface area contributed by atoms with E-state index in [1.54, 1.807) is 12.1 Å². The van der Waals surface area contributed by atoms with Crippen molar-refractivity contribution >= 4 is 35.1 Å². The molecule has 0 radical (unpaired) electrons. The molecule has 3 rings (SSSR count). The third kappa shape index (κ3) is 3.14. The number of hydrogen-bond acceptors (Lipinski definition) is 4. The van der Waals surface area contributed by atoms with Crippen molar-refractivity contribution in [2.24, 2.45) is 0 Å². The first kappa shape index (κ1) is 15.0. The third-order valence-electron chi connectivity index (χ3n) is 3.27. The molecule has 0 saturated carbocycles. The maximum atomic E-state index is 11.9. The summed E-state index contributed by atoms with van der Waals surface area (Å²) in [6, 6.07) is 13.5. The van der Waals surface area contributed by atoms with E-state index < -0.39 is 10.9 Å². The van der Waals surface area contributed by atoms with Crippen molar-refractivity contribution in [3.8, 4) is 0 Å². The molecule has 0 aliphatic carbocycles. The smallest absolute Gasteiger partial charge is 0.343 e. The minimum atomic E-state index is -0.567. The average Bonchev–Trinajstić information content (AvgIpc) is 2.91. The average molecular weight is 328 g/mol. The summed E-state index contributed by atoms with van der Waals surface area (Å²) in [5.74, 6) is -0.0493. The summed E-state index contributed by atoms with van der Waals surface area (Å²) in [5.41, 5.74) is 1.39. The van der Waals surface area contributed by atoms with Crippen LogP contribution in [0.2, 0.25) is 5.02 Å². The minimum Gasteiger partial charge on any atom is -0.422 e. The van der Waals surface area contributed by atoms with E-state index in [9.17, 15) is 14.9 Å². The molecule has 5 nitrogen and oxygen atoms in total. The number of halogens is 1. The first-order chi connectivity index (χ1) is 11.0. The Morgan fingerprint density at radius 3 is 2.57 bits per heavy atom. The fourth-order valence-electron chi connectivity index (χ4n) is 2.17. The predicted octanol–water partition coefficient (Wildman–Crippen LogP) is 4.23. The van der Waals surface area contributed by atoms with E-state index in [2.05, 4.69) is 0 Å². The molecule has 114 valence electrons. The Morgan fingerprint density at radius 1 is 1.13 bits per heavy atom. The van der Waals surface area contributed by atoms with Gasteiger partial charge in [0.25, 0.3) is 5.69 Å². The summed E-state index contributed by atoms with van der Waals surface area (Å²) in [6.07, 6.45) is 3.14. The monoisotopic (exact) mass is 327 g/mol. The molecule has 0 aromatic heterocycles. The molecule has 1 aliphatic rings. The lowest BCUT2D eigenvalue weighted by Crippen LogP contribution is -1.97. The number of ether oxygens (including phenoxy) is 1. The number of rotatable bonds is 3. The highest BCUT2D eigenvalue weighted by Gasteiger charge is 2.22. The Bertz CT molecular complexity index is 856. The van der Waals surface area contributed by atoms with Gasteiger partial charge >= 0.3 is 5.97 Å². The Kier molecular flexibility index (Phi) is 3.95. The molecule has 2 aromatic rings. The molecule has 2 aromatic carbocycles. The molecule has 1 aliphatic heterocycles. The van der Waals surface area contributed by atoms with Gasteiger partial charge in [-0.3, -0.25) is 10.1 Å². The zero-order valence-electron chi connectivity index (χ0n) is 11.7. The highest BCUT2D eigenvalue weighted by molar-refractivity contribution is 6.32. The van der Waals surface area contributed by atoms with Crippen molar-refractivity contribution in [1.29, 1.82) is 0 Å². The number of nitrogens with zero attached hydrogens (tertiary/aromatic N) is 1. The van der Waals surface area contributed by atoms with Crippen LogP contribution in [0.3, 0.4) is 0 Å². The van der Waals surface area contributed by atoms with Crippen LogP contribution < -0.4 is 0 Å². The number of benzene rings is 2. The molecule has 6 heteroatoms. The van der Waals surface area contributed by atoms with Crippen molar-refractivity contribution in [1.82, 2.24) is 0 Å². The van der Waals surface area contributed by atoms with Crippen LogP contribution in [0.25, 0.3) is 11.8 Å². The standard InChI is InChI=1S/C17H10ClNO4/c18-14-7-6-11(9-15(14)19(21)22)8-13-10-16(23-17(13)20)12-4-2-1-3-5-12/h1-10H/b13-8+. The van der Waals surface area contributed by atoms with E-state index in [0.29, 0.717) is 16.9 Å². The summed E-state index contributed by atoms with van der Waals surface area (Å²) < 4.78 is 5.23. The number of esters is 1. The fraction of sp³-hybridized carbons (Fsp3) is 0. The van der Waals surface area contributed by atoms with Crippen molar-refractivity contribution < 1.29 is 14.5 Å². The topological polar surface area (TPSA) is 69.4 Å². The molecule has 1 heterocycles. The lowest BCUT2D eigenvalue weighted by molar-refractivity contribution is -0.384. The van der Waals surface area contributed by atoms with Gasteiger partial charge in [-0.25, -0.2) is 4.79 Å². The molecule has 0 fully saturated rings. The largest absolute Gasteiger partial charge is 0.422 e. The summed E-state index contributed by atoms with van der Waals surface area (Å²) in [6.45, 7) is 0. The molecule has 0 bridgehead atoms. The van der Waals surface area contributed by atoms with Gasteiger partial charge in [-0.2, -0.15) is 0 Å². The van der Waals surface area contributed by atoms with Crippen LogP contribution in [0.1, 0.15) is 11.1 Å². The maximum Gasteiger partial charge on any atom is 0.343 e. The second kappa shape index (κ2) is 6.06. The lowest BCUT2D eigenvalue weighted by Gasteiger charge is -2.00. The molecule has 0 saturated heterocycles. The molecule has 0 amide bonds. The molecule has 23 heavy (non-hydrogen) atoms. The van der Waals surface area contributed by atoms with E-state index in [1.807, 2.05) is 30.3 Å². The zero-order valence-corrected chi connectivity index (χ0v) is 12.5. The lowest BCUT2D eigenvalue weighted by atomic mass is 10.1. The summed E-state index contributed by atoms with van der Waals surface area (Å²) in [7, 11) is 0. The second-order valence-corrected chi connectivity index (χ2v) is 5.24. The van der Waals surface area contributed by atoms with Gasteiger partial charge in [0.05, 0.1) is 10.5 Å². The van der Waals surface area contributed by atoms with Crippen LogP contribution in [0.4, 0.5) is 5.69 Å². The van der Waals surface area contributed by atoms with Crippen LogP contribution in [-0.4, -0.2) is 10.9 Å². The van der Waals surface area contributed by atoms with E-state index >= 15 is 0 Å². The zero-order chi connectivity index (χ0) is 16.4. The summed E-state index contributed by atoms with van der Waals surface area (Å²) >= 11 is 5.77. The fourth-order valence-corrected chi connectivity index (χ4v) is 2.36. The molecule has 0 unspecified atom stereocenters. The second-order valence-electron chi connectivity index (χ2n) is 4.83. The summed E-state index contributed by atoms with van der Waals surface area (Å²) in [4.78, 5) is 22.3. The van der Waals surface area contributed by atoms with Gasteiger partial charge in [0.2, 0.25) is 0 Å². The first-order valence-corrected chi connectivity index (χ1v) is 7.07. The Morgan fingerprint density at radius 2 is 1.87 bits per heavy atom. The third-order valence-corrected chi connectivity index (χ3v) is 3.59. The normalized spacial score (nSPS) is 15.4. The van der Waals surface area contributed by atoms with Crippen LogP contribution in [0.15, 0.2) is 60.2 Å². The Labute approximate surface area is 136 Å². The number of nitro benzene ring substituents is 1. The molecule has 0 spiro atoms. The van der Waals surface area contributed by atoms with Crippen LogP contribution in [0.5, 0.6) is 0 Å².